The van der Waals surface area contributed by atoms with Crippen LogP contribution in [-0.2, 0) is 0 Å². The van der Waals surface area contributed by atoms with Crippen molar-refractivity contribution in [3.05, 3.63) is 12.2 Å². The zero-order valence-corrected chi connectivity index (χ0v) is 19.3. The number of aliphatic hydroxyl groups excluding tert-OH is 2. The highest BCUT2D eigenvalue weighted by atomic mass is 16.3. The molecule has 0 aromatic heterocycles. The molecular formula is C26H44O3. The summed E-state index contributed by atoms with van der Waals surface area (Å²) in [5.41, 5.74) is -1.04. The minimum Gasteiger partial charge on any atom is -0.393 e. The molecule has 4 aliphatic carbocycles. The Balaban J connectivity index is 1.61. The van der Waals surface area contributed by atoms with Crippen molar-refractivity contribution in [3.63, 3.8) is 0 Å². The van der Waals surface area contributed by atoms with Crippen molar-refractivity contribution in [1.82, 2.24) is 0 Å². The van der Waals surface area contributed by atoms with Gasteiger partial charge in [-0.2, -0.15) is 0 Å². The van der Waals surface area contributed by atoms with Gasteiger partial charge in [0, 0.05) is 11.8 Å². The van der Waals surface area contributed by atoms with Gasteiger partial charge in [0.05, 0.1) is 17.8 Å². The van der Waals surface area contributed by atoms with Gasteiger partial charge in [0.1, 0.15) is 0 Å². The minimum atomic E-state index is -1.12. The largest absolute Gasteiger partial charge is 0.393 e. The van der Waals surface area contributed by atoms with Gasteiger partial charge >= 0.3 is 0 Å². The third kappa shape index (κ3) is 3.17. The summed E-state index contributed by atoms with van der Waals surface area (Å²) < 4.78 is 0. The van der Waals surface area contributed by atoms with E-state index in [2.05, 4.69) is 46.8 Å². The van der Waals surface area contributed by atoms with Gasteiger partial charge in [0.2, 0.25) is 0 Å². The molecule has 0 spiro atoms. The van der Waals surface area contributed by atoms with Crippen molar-refractivity contribution in [3.8, 4) is 0 Å². The fourth-order valence-electron chi connectivity index (χ4n) is 8.70. The normalized spacial score (nSPS) is 53.6. The summed E-state index contributed by atoms with van der Waals surface area (Å²) in [6.45, 7) is 11.7. The zero-order valence-electron chi connectivity index (χ0n) is 19.3. The fourth-order valence-corrected chi connectivity index (χ4v) is 8.70. The highest BCUT2D eigenvalue weighted by Crippen LogP contribution is 2.69. The minimum absolute atomic E-state index is 0.267. The Kier molecular flexibility index (Phi) is 5.53. The Hall–Kier alpha value is -0.380. The Bertz CT molecular complexity index is 644. The van der Waals surface area contributed by atoms with E-state index in [9.17, 15) is 15.3 Å². The number of fused-ring (bicyclic) bond motifs is 5. The third-order valence-electron chi connectivity index (χ3n) is 10.3. The summed E-state index contributed by atoms with van der Waals surface area (Å²) in [6.07, 6.45) is 11.3. The first-order valence-corrected chi connectivity index (χ1v) is 12.3. The Morgan fingerprint density at radius 2 is 1.62 bits per heavy atom. The first-order chi connectivity index (χ1) is 13.5. The molecule has 0 unspecified atom stereocenters. The van der Waals surface area contributed by atoms with Crippen molar-refractivity contribution >= 4 is 0 Å². The van der Waals surface area contributed by atoms with Crippen LogP contribution in [0.25, 0.3) is 0 Å². The lowest BCUT2D eigenvalue weighted by Crippen LogP contribution is -2.68. The van der Waals surface area contributed by atoms with Crippen LogP contribution in [0.15, 0.2) is 12.2 Å². The molecule has 4 fully saturated rings. The van der Waals surface area contributed by atoms with Gasteiger partial charge in [-0.3, -0.25) is 0 Å². The lowest BCUT2D eigenvalue weighted by molar-refractivity contribution is -0.264. The van der Waals surface area contributed by atoms with Crippen LogP contribution < -0.4 is 0 Å². The topological polar surface area (TPSA) is 60.7 Å². The van der Waals surface area contributed by atoms with Crippen LogP contribution in [-0.4, -0.2) is 33.1 Å². The maximum absolute atomic E-state index is 11.6. The maximum atomic E-state index is 11.6. The highest BCUT2D eigenvalue weighted by molar-refractivity contribution is 5.17. The first kappa shape index (κ1) is 21.8. The van der Waals surface area contributed by atoms with Crippen LogP contribution in [0.3, 0.4) is 0 Å². The summed E-state index contributed by atoms with van der Waals surface area (Å²) in [5.74, 6) is 3.57. The number of aliphatic hydroxyl groups is 3. The second-order valence-corrected chi connectivity index (χ2v) is 12.1. The molecule has 166 valence electrons. The Morgan fingerprint density at radius 1 is 0.897 bits per heavy atom. The molecule has 0 aromatic rings. The van der Waals surface area contributed by atoms with E-state index in [0.29, 0.717) is 47.8 Å². The van der Waals surface area contributed by atoms with Gasteiger partial charge in [0.25, 0.3) is 0 Å². The molecule has 4 rings (SSSR count). The van der Waals surface area contributed by atoms with E-state index < -0.39 is 17.8 Å². The van der Waals surface area contributed by atoms with Crippen LogP contribution in [0, 0.1) is 46.3 Å². The smallest absolute Gasteiger partial charge is 0.0985 e. The van der Waals surface area contributed by atoms with Gasteiger partial charge in [0.15, 0.2) is 0 Å². The molecule has 3 nitrogen and oxygen atoms in total. The predicted octanol–water partition coefficient (Wildman–Crippen LogP) is 4.94. The summed E-state index contributed by atoms with van der Waals surface area (Å²) in [5, 5.41) is 33.0. The number of hydrogen-bond donors (Lipinski definition) is 3. The molecule has 0 aliphatic heterocycles. The average molecular weight is 405 g/mol. The molecule has 0 heterocycles. The quantitative estimate of drug-likeness (QED) is 0.584. The third-order valence-corrected chi connectivity index (χ3v) is 10.3. The summed E-state index contributed by atoms with van der Waals surface area (Å²) in [7, 11) is 0. The molecule has 29 heavy (non-hydrogen) atoms. The van der Waals surface area contributed by atoms with Gasteiger partial charge in [-0.1, -0.05) is 46.8 Å². The van der Waals surface area contributed by atoms with E-state index in [1.54, 1.807) is 0 Å². The number of rotatable bonds is 3. The lowest BCUT2D eigenvalue weighted by atomic mass is 9.42. The fraction of sp³-hybridized carbons (Fsp3) is 0.923. The first-order valence-electron chi connectivity index (χ1n) is 12.3. The molecule has 3 heteroatoms. The van der Waals surface area contributed by atoms with Gasteiger partial charge in [-0.25, -0.2) is 0 Å². The van der Waals surface area contributed by atoms with Crippen LogP contribution in [0.2, 0.25) is 0 Å². The SMILES string of the molecule is CC(C)/C=C/[C@@H](C)[C@H]1CC[C@H]2[C@@H]3C[C@@H](O)[C@@]4(O)C[C@@H](O)CC[C@]4(C)[C@H]3CC[C@]12C. The van der Waals surface area contributed by atoms with Crippen LogP contribution in [0.4, 0.5) is 0 Å². The van der Waals surface area contributed by atoms with Crippen LogP contribution >= 0.6 is 0 Å². The number of allylic oxidation sites excluding steroid dienone is 2. The van der Waals surface area contributed by atoms with Crippen molar-refractivity contribution in [1.29, 1.82) is 0 Å². The highest BCUT2D eigenvalue weighted by Gasteiger charge is 2.67. The van der Waals surface area contributed by atoms with Crippen molar-refractivity contribution in [2.24, 2.45) is 46.3 Å². The average Bonchev–Trinajstić information content (AvgIpc) is 3.00. The molecule has 0 amide bonds. The van der Waals surface area contributed by atoms with Crippen LogP contribution in [0.5, 0.6) is 0 Å². The Morgan fingerprint density at radius 3 is 2.31 bits per heavy atom. The van der Waals surface area contributed by atoms with Gasteiger partial charge < -0.3 is 15.3 Å². The molecule has 4 aliphatic rings. The summed E-state index contributed by atoms with van der Waals surface area (Å²) in [4.78, 5) is 0. The van der Waals surface area contributed by atoms with Crippen molar-refractivity contribution in [2.45, 2.75) is 104 Å². The predicted molar refractivity (Wildman–Crippen MR) is 117 cm³/mol. The van der Waals surface area contributed by atoms with E-state index >= 15 is 0 Å². The Labute approximate surface area is 178 Å². The molecular weight excluding hydrogens is 360 g/mol. The van der Waals surface area contributed by atoms with E-state index in [1.807, 2.05) is 0 Å². The van der Waals surface area contributed by atoms with Gasteiger partial charge in [-0.05, 0) is 85.9 Å². The molecule has 0 aromatic carbocycles. The van der Waals surface area contributed by atoms with E-state index in [-0.39, 0.29) is 5.41 Å². The molecule has 4 saturated carbocycles. The molecule has 0 radical (unpaired) electrons. The van der Waals surface area contributed by atoms with Gasteiger partial charge in [-0.15, -0.1) is 0 Å². The summed E-state index contributed by atoms with van der Waals surface area (Å²) >= 11 is 0. The van der Waals surface area contributed by atoms with E-state index in [4.69, 9.17) is 0 Å². The monoisotopic (exact) mass is 404 g/mol. The van der Waals surface area contributed by atoms with Crippen molar-refractivity contribution in [2.75, 3.05) is 0 Å². The number of hydrogen-bond acceptors (Lipinski definition) is 3. The van der Waals surface area contributed by atoms with Crippen molar-refractivity contribution < 1.29 is 15.3 Å². The molecule has 0 bridgehead atoms. The van der Waals surface area contributed by atoms with E-state index in [1.165, 1.54) is 19.3 Å². The standard InChI is InChI=1S/C26H44O3/c1-16(2)6-7-17(3)20-8-9-21-19-14-23(28)26(29)15-18(27)10-13-25(26,5)22(19)11-12-24(20,21)4/h6-7,16-23,27-29H,8-15H2,1-5H3/b7-6+/t17-,18+,19+,20-,21+,22+,23-,24-,25-,26+/m1/s1. The van der Waals surface area contributed by atoms with E-state index in [0.717, 1.165) is 25.2 Å². The summed E-state index contributed by atoms with van der Waals surface area (Å²) in [6, 6.07) is 0. The molecule has 10 atom stereocenters. The molecule has 3 N–H and O–H groups in total. The zero-order chi connectivity index (χ0) is 21.2. The second kappa shape index (κ2) is 7.35. The van der Waals surface area contributed by atoms with Crippen LogP contribution in [0.1, 0.15) is 86.0 Å². The second-order valence-electron chi connectivity index (χ2n) is 12.1. The lowest BCUT2D eigenvalue weighted by Gasteiger charge is -2.65. The maximum Gasteiger partial charge on any atom is 0.0985 e. The molecule has 0 saturated heterocycles.